The lowest BCUT2D eigenvalue weighted by molar-refractivity contribution is 0.0262. The van der Waals surface area contributed by atoms with Crippen molar-refractivity contribution in [2.75, 3.05) is 38.3 Å². The van der Waals surface area contributed by atoms with E-state index >= 15 is 0 Å². The molecule has 4 aliphatic rings. The standard InChI is InChI=1S/C27H26FN5O2/c1-32-17-11-18(32)15-33(14-17)23-7-6-16-10-25(23)35-9-3-8-34-24-5-2-4-20(28)26(24)21-12-19-22(13-29-21)30-31-27(16)19/h2,4-7,10,12-13,17-18H,3,8-9,11,14-15H2,1H3,(H,30,31). The fraction of sp³-hybridized carbons (Fsp3) is 0.333. The maximum absolute atomic E-state index is 14.9. The minimum absolute atomic E-state index is 0.361. The first-order valence-electron chi connectivity index (χ1n) is 12.2. The minimum atomic E-state index is -0.361. The molecule has 6 bridgehead atoms. The zero-order chi connectivity index (χ0) is 23.5. The third-order valence-electron chi connectivity index (χ3n) is 7.61. The van der Waals surface area contributed by atoms with E-state index in [4.69, 9.17) is 9.47 Å². The maximum Gasteiger partial charge on any atom is 0.143 e. The molecule has 1 N–H and O–H groups in total. The molecule has 6 heterocycles. The lowest BCUT2D eigenvalue weighted by atomic mass is 9.88. The number of piperidine rings is 1. The molecule has 0 amide bonds. The summed E-state index contributed by atoms with van der Waals surface area (Å²) in [7, 11) is 2.22. The normalized spacial score (nSPS) is 21.6. The van der Waals surface area contributed by atoms with Crippen LogP contribution in [-0.4, -0.2) is 65.5 Å². The number of aromatic nitrogens is 3. The molecule has 2 aromatic carbocycles. The average molecular weight is 472 g/mol. The summed E-state index contributed by atoms with van der Waals surface area (Å²) >= 11 is 0. The van der Waals surface area contributed by atoms with E-state index in [1.165, 1.54) is 12.5 Å². The predicted molar refractivity (Wildman–Crippen MR) is 132 cm³/mol. The number of halogens is 1. The van der Waals surface area contributed by atoms with Crippen LogP contribution in [0.15, 0.2) is 48.7 Å². The van der Waals surface area contributed by atoms with Crippen LogP contribution in [0, 0.1) is 5.82 Å². The van der Waals surface area contributed by atoms with E-state index in [0.29, 0.717) is 48.7 Å². The Morgan fingerprint density at radius 3 is 2.69 bits per heavy atom. The van der Waals surface area contributed by atoms with E-state index in [-0.39, 0.29) is 5.82 Å². The van der Waals surface area contributed by atoms with E-state index in [1.54, 1.807) is 18.3 Å². The van der Waals surface area contributed by atoms with Gasteiger partial charge in [0.15, 0.2) is 0 Å². The van der Waals surface area contributed by atoms with Gasteiger partial charge in [-0.2, -0.15) is 5.10 Å². The van der Waals surface area contributed by atoms with Crippen LogP contribution in [0.25, 0.3) is 33.4 Å². The molecule has 0 radical (unpaired) electrons. The highest BCUT2D eigenvalue weighted by Gasteiger charge is 2.42. The molecule has 35 heavy (non-hydrogen) atoms. The van der Waals surface area contributed by atoms with E-state index in [1.807, 2.05) is 6.07 Å². The third kappa shape index (κ3) is 3.35. The Morgan fingerprint density at radius 1 is 1.03 bits per heavy atom. The molecule has 4 aliphatic heterocycles. The molecule has 3 saturated heterocycles. The van der Waals surface area contributed by atoms with Crippen LogP contribution in [0.5, 0.6) is 11.5 Å². The van der Waals surface area contributed by atoms with E-state index in [0.717, 1.165) is 46.7 Å². The molecule has 3 fully saturated rings. The number of anilines is 1. The number of hydrogen-bond donors (Lipinski definition) is 1. The molecule has 7 nitrogen and oxygen atoms in total. The number of benzene rings is 2. The predicted octanol–water partition coefficient (Wildman–Crippen LogP) is 4.49. The molecule has 0 aliphatic carbocycles. The summed E-state index contributed by atoms with van der Waals surface area (Å²) in [6.45, 7) is 2.94. The number of piperazine rings is 1. The molecule has 0 spiro atoms. The summed E-state index contributed by atoms with van der Waals surface area (Å²) < 4.78 is 27.2. The van der Waals surface area contributed by atoms with Gasteiger partial charge in [-0.15, -0.1) is 0 Å². The van der Waals surface area contributed by atoms with Crippen molar-refractivity contribution in [3.63, 3.8) is 0 Å². The topological polar surface area (TPSA) is 66.5 Å². The molecule has 2 atom stereocenters. The minimum Gasteiger partial charge on any atom is -0.493 e. The molecule has 0 saturated carbocycles. The Kier molecular flexibility index (Phi) is 4.70. The number of nitrogens with zero attached hydrogens (tertiary/aromatic N) is 4. The summed E-state index contributed by atoms with van der Waals surface area (Å²) in [5.74, 6) is 0.981. The number of nitrogens with one attached hydrogen (secondary N) is 1. The van der Waals surface area contributed by atoms with Crippen molar-refractivity contribution in [3.8, 4) is 34.0 Å². The van der Waals surface area contributed by atoms with Gasteiger partial charge in [0.25, 0.3) is 0 Å². The second kappa shape index (κ2) is 7.95. The summed E-state index contributed by atoms with van der Waals surface area (Å²) in [5, 5.41) is 8.53. The van der Waals surface area contributed by atoms with Gasteiger partial charge < -0.3 is 14.4 Å². The SMILES string of the molecule is CN1C2CC1CN(c1ccc3cc1OCCCOc1cccc(F)c1-c1cc4c-3n[nH]c4cn1)C2. The zero-order valence-electron chi connectivity index (χ0n) is 19.5. The Labute approximate surface area is 202 Å². The fourth-order valence-corrected chi connectivity index (χ4v) is 5.60. The molecule has 4 aromatic rings. The second-order valence-electron chi connectivity index (χ2n) is 9.65. The number of likely N-dealkylation sites (N-methyl/N-ethyl adjacent to an activating group) is 1. The van der Waals surface area contributed by atoms with Gasteiger partial charge in [0, 0.05) is 42.5 Å². The number of aromatic amines is 1. The van der Waals surface area contributed by atoms with Gasteiger partial charge in [-0.3, -0.25) is 15.0 Å². The molecular weight excluding hydrogens is 445 g/mol. The first-order chi connectivity index (χ1) is 17.2. The van der Waals surface area contributed by atoms with Crippen molar-refractivity contribution in [2.45, 2.75) is 24.9 Å². The Morgan fingerprint density at radius 2 is 1.86 bits per heavy atom. The maximum atomic E-state index is 14.9. The highest BCUT2D eigenvalue weighted by Crippen LogP contribution is 2.41. The monoisotopic (exact) mass is 471 g/mol. The lowest BCUT2D eigenvalue weighted by Crippen LogP contribution is -2.67. The van der Waals surface area contributed by atoms with E-state index in [9.17, 15) is 4.39 Å². The average Bonchev–Trinajstić information content (AvgIpc) is 3.31. The lowest BCUT2D eigenvalue weighted by Gasteiger charge is -2.55. The van der Waals surface area contributed by atoms with Gasteiger partial charge in [-0.25, -0.2) is 4.39 Å². The Hall–Kier alpha value is -3.65. The van der Waals surface area contributed by atoms with Crippen molar-refractivity contribution >= 4 is 16.6 Å². The Bertz CT molecular complexity index is 1420. The number of H-pyrrole nitrogens is 1. The number of rotatable bonds is 1. The summed E-state index contributed by atoms with van der Waals surface area (Å²) in [4.78, 5) is 9.43. The van der Waals surface area contributed by atoms with Crippen LogP contribution in [0.4, 0.5) is 10.1 Å². The van der Waals surface area contributed by atoms with E-state index < -0.39 is 0 Å². The first-order valence-corrected chi connectivity index (χ1v) is 12.2. The molecule has 2 unspecified atom stereocenters. The van der Waals surface area contributed by atoms with Crippen molar-refractivity contribution < 1.29 is 13.9 Å². The number of hydrogen-bond acceptors (Lipinski definition) is 6. The molecule has 8 rings (SSSR count). The van der Waals surface area contributed by atoms with E-state index in [2.05, 4.69) is 50.2 Å². The number of fused-ring (bicyclic) bond motifs is 8. The Balaban J connectivity index is 1.34. The number of pyridine rings is 1. The summed E-state index contributed by atoms with van der Waals surface area (Å²) in [6, 6.07) is 14.3. The van der Waals surface area contributed by atoms with Gasteiger partial charge in [0.2, 0.25) is 0 Å². The van der Waals surface area contributed by atoms with Crippen LogP contribution in [0.1, 0.15) is 12.8 Å². The van der Waals surface area contributed by atoms with Crippen molar-refractivity contribution in [2.24, 2.45) is 0 Å². The number of ether oxygens (including phenoxy) is 2. The van der Waals surface area contributed by atoms with Gasteiger partial charge in [-0.1, -0.05) is 12.1 Å². The van der Waals surface area contributed by atoms with Gasteiger partial charge >= 0.3 is 0 Å². The second-order valence-corrected chi connectivity index (χ2v) is 9.65. The van der Waals surface area contributed by atoms with Crippen LogP contribution in [0.2, 0.25) is 0 Å². The van der Waals surface area contributed by atoms with Gasteiger partial charge in [0.1, 0.15) is 23.0 Å². The van der Waals surface area contributed by atoms with Crippen LogP contribution in [-0.2, 0) is 0 Å². The summed E-state index contributed by atoms with van der Waals surface area (Å²) in [6.07, 6.45) is 3.65. The van der Waals surface area contributed by atoms with Crippen LogP contribution in [0.3, 0.4) is 0 Å². The first kappa shape index (κ1) is 20.7. The molecule has 8 heteroatoms. The fourth-order valence-electron chi connectivity index (χ4n) is 5.60. The van der Waals surface area contributed by atoms with Crippen molar-refractivity contribution in [1.29, 1.82) is 0 Å². The van der Waals surface area contributed by atoms with Gasteiger partial charge in [-0.05, 0) is 43.8 Å². The van der Waals surface area contributed by atoms with Gasteiger partial charge in [0.05, 0.1) is 41.9 Å². The smallest absolute Gasteiger partial charge is 0.143 e. The quantitative estimate of drug-likeness (QED) is 0.442. The molecule has 2 aromatic heterocycles. The largest absolute Gasteiger partial charge is 0.493 e. The highest BCUT2D eigenvalue weighted by molar-refractivity contribution is 5.95. The highest BCUT2D eigenvalue weighted by atomic mass is 19.1. The van der Waals surface area contributed by atoms with Crippen molar-refractivity contribution in [1.82, 2.24) is 20.1 Å². The van der Waals surface area contributed by atoms with Crippen molar-refractivity contribution in [3.05, 3.63) is 54.5 Å². The zero-order valence-corrected chi connectivity index (χ0v) is 19.5. The third-order valence-corrected chi connectivity index (χ3v) is 7.61. The van der Waals surface area contributed by atoms with Crippen LogP contribution < -0.4 is 14.4 Å². The molecule has 178 valence electrons. The van der Waals surface area contributed by atoms with Crippen LogP contribution >= 0.6 is 0 Å². The summed E-state index contributed by atoms with van der Waals surface area (Å²) in [5.41, 5.74) is 4.55. The molecular formula is C27H26FN5O2.